The van der Waals surface area contributed by atoms with Crippen LogP contribution in [0.5, 0.6) is 0 Å². The number of benzene rings is 1. The molecule has 1 aromatic carbocycles. The van der Waals surface area contributed by atoms with Gasteiger partial charge >= 0.3 is 0 Å². The van der Waals surface area contributed by atoms with Gasteiger partial charge in [0.15, 0.2) is 5.65 Å². The second-order valence-electron chi connectivity index (χ2n) is 8.22. The lowest BCUT2D eigenvalue weighted by atomic mass is 9.87. The Balaban J connectivity index is 1.49. The third-order valence-corrected chi connectivity index (χ3v) is 6.07. The van der Waals surface area contributed by atoms with Crippen molar-refractivity contribution in [2.24, 2.45) is 5.92 Å². The molecule has 7 nitrogen and oxygen atoms in total. The summed E-state index contributed by atoms with van der Waals surface area (Å²) in [7, 11) is 4.14. The number of rotatable bonds is 7. The molecule has 0 radical (unpaired) electrons. The molecule has 0 spiro atoms. The minimum atomic E-state index is 0.0745. The maximum absolute atomic E-state index is 6.39. The second kappa shape index (κ2) is 9.29. The van der Waals surface area contributed by atoms with E-state index >= 15 is 0 Å². The molecule has 1 atom stereocenters. The molecule has 4 rings (SSSR count). The lowest BCUT2D eigenvalue weighted by Gasteiger charge is -2.37. The van der Waals surface area contributed by atoms with Crippen molar-refractivity contribution in [3.63, 3.8) is 0 Å². The number of nitrogens with zero attached hydrogens (tertiary/aromatic N) is 5. The predicted octanol–water partition coefficient (Wildman–Crippen LogP) is 3.85. The Labute approximate surface area is 182 Å². The lowest BCUT2D eigenvalue weighted by Crippen LogP contribution is -2.37. The van der Waals surface area contributed by atoms with Crippen molar-refractivity contribution in [1.29, 1.82) is 0 Å². The minimum Gasteiger partial charge on any atom is -0.372 e. The summed E-state index contributed by atoms with van der Waals surface area (Å²) in [4.78, 5) is 13.4. The molecule has 1 fully saturated rings. The number of aromatic nitrogens is 4. The van der Waals surface area contributed by atoms with Gasteiger partial charge < -0.3 is 14.5 Å². The van der Waals surface area contributed by atoms with E-state index in [0.717, 1.165) is 60.0 Å². The van der Waals surface area contributed by atoms with Crippen molar-refractivity contribution in [2.75, 3.05) is 45.2 Å². The highest BCUT2D eigenvalue weighted by molar-refractivity contribution is 6.30. The number of likely N-dealkylation sites (N-methyl/N-ethyl adjacent to an activating group) is 1. The SMILES string of the molecule is Cc1[nH]nc2ncnc(N3CCC(C(OCCN(C)C)c4ccc(Cl)cc4)CC3)c12. The highest BCUT2D eigenvalue weighted by atomic mass is 35.5. The number of piperidine rings is 1. The third kappa shape index (κ3) is 4.58. The topological polar surface area (TPSA) is 70.2 Å². The average molecular weight is 429 g/mol. The summed E-state index contributed by atoms with van der Waals surface area (Å²) in [5.41, 5.74) is 2.94. The van der Waals surface area contributed by atoms with Gasteiger partial charge in [-0.3, -0.25) is 5.10 Å². The van der Waals surface area contributed by atoms with Crippen molar-refractivity contribution in [1.82, 2.24) is 25.1 Å². The van der Waals surface area contributed by atoms with Crippen molar-refractivity contribution in [3.8, 4) is 0 Å². The molecule has 0 aliphatic carbocycles. The fraction of sp³-hybridized carbons (Fsp3) is 0.500. The number of halogens is 1. The number of anilines is 1. The summed E-state index contributed by atoms with van der Waals surface area (Å²) in [5.74, 6) is 1.42. The van der Waals surface area contributed by atoms with E-state index in [1.165, 1.54) is 5.56 Å². The first-order valence-corrected chi connectivity index (χ1v) is 10.8. The largest absolute Gasteiger partial charge is 0.372 e. The maximum Gasteiger partial charge on any atom is 0.186 e. The normalized spacial score (nSPS) is 16.5. The first-order valence-electron chi connectivity index (χ1n) is 10.5. The fourth-order valence-corrected chi connectivity index (χ4v) is 4.28. The van der Waals surface area contributed by atoms with Gasteiger partial charge in [0.25, 0.3) is 0 Å². The molecule has 8 heteroatoms. The first kappa shape index (κ1) is 21.0. The smallest absolute Gasteiger partial charge is 0.186 e. The number of nitrogens with one attached hydrogen (secondary N) is 1. The Bertz CT molecular complexity index is 965. The summed E-state index contributed by atoms with van der Waals surface area (Å²) >= 11 is 6.11. The zero-order valence-corrected chi connectivity index (χ0v) is 18.6. The number of ether oxygens (including phenoxy) is 1. The molecule has 1 unspecified atom stereocenters. The number of H-pyrrole nitrogens is 1. The van der Waals surface area contributed by atoms with Crippen LogP contribution in [-0.2, 0) is 4.74 Å². The van der Waals surface area contributed by atoms with Crippen LogP contribution in [0.3, 0.4) is 0 Å². The molecule has 160 valence electrons. The zero-order chi connectivity index (χ0) is 21.1. The number of hydrogen-bond acceptors (Lipinski definition) is 6. The summed E-state index contributed by atoms with van der Waals surface area (Å²) in [5, 5.41) is 9.08. The van der Waals surface area contributed by atoms with E-state index in [-0.39, 0.29) is 6.10 Å². The summed E-state index contributed by atoms with van der Waals surface area (Å²) < 4.78 is 6.39. The van der Waals surface area contributed by atoms with Gasteiger partial charge in [-0.15, -0.1) is 0 Å². The second-order valence-corrected chi connectivity index (χ2v) is 8.65. The number of fused-ring (bicyclic) bond motifs is 1. The monoisotopic (exact) mass is 428 g/mol. The Kier molecular flexibility index (Phi) is 6.51. The highest BCUT2D eigenvalue weighted by Gasteiger charge is 2.30. The van der Waals surface area contributed by atoms with E-state index < -0.39 is 0 Å². The molecule has 0 saturated carbocycles. The van der Waals surface area contributed by atoms with Gasteiger partial charge in [0.2, 0.25) is 0 Å². The molecule has 0 amide bonds. The molecule has 1 saturated heterocycles. The number of aromatic amines is 1. The average Bonchev–Trinajstić information content (AvgIpc) is 3.13. The van der Waals surface area contributed by atoms with E-state index in [9.17, 15) is 0 Å². The molecular weight excluding hydrogens is 400 g/mol. The molecule has 1 aliphatic rings. The van der Waals surface area contributed by atoms with Crippen LogP contribution in [0.15, 0.2) is 30.6 Å². The molecule has 0 bridgehead atoms. The van der Waals surface area contributed by atoms with Crippen molar-refractivity contribution in [2.45, 2.75) is 25.9 Å². The van der Waals surface area contributed by atoms with E-state index in [1.54, 1.807) is 6.33 Å². The molecular formula is C22H29ClN6O. The third-order valence-electron chi connectivity index (χ3n) is 5.81. The van der Waals surface area contributed by atoms with E-state index in [4.69, 9.17) is 16.3 Å². The van der Waals surface area contributed by atoms with Crippen LogP contribution in [0.4, 0.5) is 5.82 Å². The van der Waals surface area contributed by atoms with E-state index in [2.05, 4.69) is 56.2 Å². The van der Waals surface area contributed by atoms with Gasteiger partial charge in [-0.05, 0) is 57.5 Å². The number of hydrogen-bond donors (Lipinski definition) is 1. The Morgan fingerprint density at radius 2 is 1.93 bits per heavy atom. The van der Waals surface area contributed by atoms with Crippen LogP contribution in [0.1, 0.15) is 30.2 Å². The highest BCUT2D eigenvalue weighted by Crippen LogP contribution is 2.36. The molecule has 1 N–H and O–H groups in total. The maximum atomic E-state index is 6.39. The van der Waals surface area contributed by atoms with Crippen LogP contribution >= 0.6 is 11.6 Å². The number of aryl methyl sites for hydroxylation is 1. The van der Waals surface area contributed by atoms with Gasteiger partial charge in [-0.25, -0.2) is 9.97 Å². The van der Waals surface area contributed by atoms with E-state index in [0.29, 0.717) is 12.5 Å². The standard InChI is InChI=1S/C22H29ClN6O/c1-15-19-21(27-26-15)24-14-25-22(19)29-10-8-17(9-11-29)20(30-13-12-28(2)3)16-4-6-18(23)7-5-16/h4-7,14,17,20H,8-13H2,1-3H3,(H,24,25,26,27). The zero-order valence-electron chi connectivity index (χ0n) is 17.8. The lowest BCUT2D eigenvalue weighted by molar-refractivity contribution is -0.00305. The summed E-state index contributed by atoms with van der Waals surface area (Å²) in [6.07, 6.45) is 3.76. The van der Waals surface area contributed by atoms with Gasteiger partial charge in [0, 0.05) is 30.4 Å². The van der Waals surface area contributed by atoms with Gasteiger partial charge in [0.1, 0.15) is 12.1 Å². The first-order chi connectivity index (χ1) is 14.5. The quantitative estimate of drug-likeness (QED) is 0.616. The van der Waals surface area contributed by atoms with Crippen LogP contribution in [0.2, 0.25) is 5.02 Å². The molecule has 3 aromatic rings. The molecule has 2 aromatic heterocycles. The van der Waals surface area contributed by atoms with Crippen LogP contribution in [0, 0.1) is 12.8 Å². The molecule has 1 aliphatic heterocycles. The van der Waals surface area contributed by atoms with Crippen molar-refractivity contribution in [3.05, 3.63) is 46.9 Å². The molecule has 3 heterocycles. The van der Waals surface area contributed by atoms with Gasteiger partial charge in [-0.2, -0.15) is 5.10 Å². The van der Waals surface area contributed by atoms with Crippen molar-refractivity contribution < 1.29 is 4.74 Å². The summed E-state index contributed by atoms with van der Waals surface area (Å²) in [6, 6.07) is 8.09. The van der Waals surface area contributed by atoms with E-state index in [1.807, 2.05) is 19.1 Å². The Morgan fingerprint density at radius 1 is 1.20 bits per heavy atom. The van der Waals surface area contributed by atoms with Gasteiger partial charge in [-0.1, -0.05) is 23.7 Å². The summed E-state index contributed by atoms with van der Waals surface area (Å²) in [6.45, 7) is 5.50. The Hall–Kier alpha value is -2.22. The predicted molar refractivity (Wildman–Crippen MR) is 120 cm³/mol. The molecule has 30 heavy (non-hydrogen) atoms. The van der Waals surface area contributed by atoms with Gasteiger partial charge in [0.05, 0.1) is 18.1 Å². The van der Waals surface area contributed by atoms with Crippen LogP contribution < -0.4 is 4.90 Å². The van der Waals surface area contributed by atoms with Crippen LogP contribution in [0.25, 0.3) is 11.0 Å². The minimum absolute atomic E-state index is 0.0745. The Morgan fingerprint density at radius 3 is 2.63 bits per heavy atom. The van der Waals surface area contributed by atoms with Crippen molar-refractivity contribution >= 4 is 28.5 Å². The van der Waals surface area contributed by atoms with Crippen LogP contribution in [-0.4, -0.2) is 65.4 Å². The fourth-order valence-electron chi connectivity index (χ4n) is 4.15.